The van der Waals surface area contributed by atoms with Crippen LogP contribution in [0.25, 0.3) is 0 Å². The topological polar surface area (TPSA) is 24.7 Å². The molecule has 0 saturated heterocycles. The van der Waals surface area contributed by atoms with Crippen molar-refractivity contribution < 1.29 is 0 Å². The predicted molar refractivity (Wildman–Crippen MR) is 98.1 cm³/mol. The maximum atomic E-state index is 4.07. The minimum Gasteiger partial charge on any atom is -0.164 e. The lowest BCUT2D eigenvalue weighted by Crippen LogP contribution is -1.87. The van der Waals surface area contributed by atoms with Crippen LogP contribution in [0.15, 0.2) is 58.7 Å². The largest absolute Gasteiger partial charge is 0.164 e. The number of hydrogen-bond donors (Lipinski definition) is 0. The Morgan fingerprint density at radius 3 is 1.27 bits per heavy atom. The van der Waals surface area contributed by atoms with Gasteiger partial charge < -0.3 is 0 Å². The van der Waals surface area contributed by atoms with Gasteiger partial charge in [-0.3, -0.25) is 0 Å². The van der Waals surface area contributed by atoms with Crippen molar-refractivity contribution in [2.24, 2.45) is 10.2 Å². The Morgan fingerprint density at radius 2 is 0.955 bits per heavy atom. The minimum absolute atomic E-state index is 0.822. The van der Waals surface area contributed by atoms with Crippen LogP contribution < -0.4 is 0 Å². The molecule has 0 unspecified atom stereocenters. The molecule has 0 amide bonds. The van der Waals surface area contributed by atoms with Crippen LogP contribution in [-0.4, -0.2) is 12.4 Å². The third-order valence-corrected chi connectivity index (χ3v) is 3.13. The molecule has 0 aliphatic rings. The average Bonchev–Trinajstić information content (AvgIpc) is 2.56. The van der Waals surface area contributed by atoms with Crippen molar-refractivity contribution in [3.05, 3.63) is 70.8 Å². The zero-order valence-corrected chi connectivity index (χ0v) is 14.1. The van der Waals surface area contributed by atoms with Gasteiger partial charge in [0.05, 0.1) is 0 Å². The first kappa shape index (κ1) is 17.8. The second-order valence-corrected chi connectivity index (χ2v) is 4.98. The van der Waals surface area contributed by atoms with E-state index in [1.54, 1.807) is 0 Å². The summed E-state index contributed by atoms with van der Waals surface area (Å²) in [5.74, 6) is 0. The molecule has 0 spiro atoms. The van der Waals surface area contributed by atoms with E-state index in [1.807, 2.05) is 26.3 Å². The molecule has 0 N–H and O–H groups in total. The molecule has 0 aromatic heterocycles. The van der Waals surface area contributed by atoms with Gasteiger partial charge in [0.25, 0.3) is 0 Å². The second-order valence-electron chi connectivity index (χ2n) is 4.98. The molecule has 2 rings (SSSR count). The summed E-state index contributed by atoms with van der Waals surface area (Å²) in [7, 11) is 0. The molecule has 2 aromatic carbocycles. The number of benzene rings is 2. The highest BCUT2D eigenvalue weighted by molar-refractivity contribution is 5.65. The van der Waals surface area contributed by atoms with Gasteiger partial charge in [-0.1, -0.05) is 73.5 Å². The number of hydrogen-bond acceptors (Lipinski definition) is 2. The van der Waals surface area contributed by atoms with Crippen LogP contribution in [0.5, 0.6) is 0 Å². The van der Waals surface area contributed by atoms with Crippen LogP contribution in [0.3, 0.4) is 0 Å². The lowest BCUT2D eigenvalue weighted by molar-refractivity contribution is 1.20. The Kier molecular flexibility index (Phi) is 8.51. The quantitative estimate of drug-likeness (QED) is 0.537. The van der Waals surface area contributed by atoms with E-state index < -0.39 is 0 Å². The average molecular weight is 294 g/mol. The predicted octanol–water partition coefficient (Wildman–Crippen LogP) is 5.17. The van der Waals surface area contributed by atoms with Gasteiger partial charge >= 0.3 is 0 Å². The Labute approximate surface area is 134 Å². The van der Waals surface area contributed by atoms with Crippen molar-refractivity contribution in [2.75, 3.05) is 0 Å². The van der Waals surface area contributed by atoms with Gasteiger partial charge in [0, 0.05) is 25.3 Å². The standard InChI is InChI=1S/C18H20N2.C2H6/c1-15-3-7-17(8-4-15)11-13-19-20-14-12-18-9-5-16(2)6-10-18;1-2/h3-10,13-14H,11-12H2,1-2H3;1-2H3/b19-13+,20-14+;. The van der Waals surface area contributed by atoms with Gasteiger partial charge in [0.15, 0.2) is 0 Å². The smallest absolute Gasteiger partial charge is 0.0313 e. The fourth-order valence-corrected chi connectivity index (χ4v) is 1.84. The highest BCUT2D eigenvalue weighted by Gasteiger charge is 1.90. The SMILES string of the molecule is CC.Cc1ccc(C/C=N/N=C/Cc2ccc(C)cc2)cc1. The van der Waals surface area contributed by atoms with Crippen LogP contribution in [0.4, 0.5) is 0 Å². The fourth-order valence-electron chi connectivity index (χ4n) is 1.84. The van der Waals surface area contributed by atoms with Gasteiger partial charge in [-0.15, -0.1) is 0 Å². The molecule has 0 aliphatic carbocycles. The van der Waals surface area contributed by atoms with Crippen LogP contribution in [0.2, 0.25) is 0 Å². The molecule has 0 radical (unpaired) electrons. The Balaban J connectivity index is 0.00000116. The molecule has 2 aromatic rings. The monoisotopic (exact) mass is 294 g/mol. The van der Waals surface area contributed by atoms with Crippen LogP contribution >= 0.6 is 0 Å². The molecular formula is C20H26N2. The number of aryl methyl sites for hydroxylation is 2. The van der Waals surface area contributed by atoms with Crippen molar-refractivity contribution >= 4 is 12.4 Å². The van der Waals surface area contributed by atoms with Crippen molar-refractivity contribution in [3.63, 3.8) is 0 Å². The van der Waals surface area contributed by atoms with Gasteiger partial charge in [-0.25, -0.2) is 0 Å². The Hall–Kier alpha value is -2.22. The Morgan fingerprint density at radius 1 is 0.636 bits per heavy atom. The van der Waals surface area contributed by atoms with E-state index >= 15 is 0 Å². The fraction of sp³-hybridized carbons (Fsp3) is 0.300. The third kappa shape index (κ3) is 6.98. The molecule has 0 saturated carbocycles. The zero-order chi connectivity index (χ0) is 16.2. The molecule has 0 aliphatic heterocycles. The van der Waals surface area contributed by atoms with E-state index in [0.717, 1.165) is 12.8 Å². The summed E-state index contributed by atoms with van der Waals surface area (Å²) in [4.78, 5) is 0. The van der Waals surface area contributed by atoms with Crippen molar-refractivity contribution in [1.82, 2.24) is 0 Å². The van der Waals surface area contributed by atoms with Gasteiger partial charge in [0.2, 0.25) is 0 Å². The van der Waals surface area contributed by atoms with Crippen molar-refractivity contribution in [2.45, 2.75) is 40.5 Å². The van der Waals surface area contributed by atoms with Gasteiger partial charge in [-0.05, 0) is 25.0 Å². The number of rotatable bonds is 5. The van der Waals surface area contributed by atoms with Crippen molar-refractivity contribution in [3.8, 4) is 0 Å². The third-order valence-electron chi connectivity index (χ3n) is 3.13. The summed E-state index contributed by atoms with van der Waals surface area (Å²) in [6, 6.07) is 16.9. The summed E-state index contributed by atoms with van der Waals surface area (Å²) >= 11 is 0. The van der Waals surface area contributed by atoms with E-state index in [9.17, 15) is 0 Å². The van der Waals surface area contributed by atoms with E-state index in [1.165, 1.54) is 22.3 Å². The maximum absolute atomic E-state index is 4.07. The molecule has 2 nitrogen and oxygen atoms in total. The zero-order valence-electron chi connectivity index (χ0n) is 14.1. The molecular weight excluding hydrogens is 268 g/mol. The summed E-state index contributed by atoms with van der Waals surface area (Å²) in [6.07, 6.45) is 5.33. The molecule has 0 fully saturated rings. The molecule has 0 heterocycles. The maximum Gasteiger partial charge on any atom is 0.0313 e. The summed E-state index contributed by atoms with van der Waals surface area (Å²) < 4.78 is 0. The summed E-state index contributed by atoms with van der Waals surface area (Å²) in [6.45, 7) is 8.18. The highest BCUT2D eigenvalue weighted by atomic mass is 15.2. The van der Waals surface area contributed by atoms with E-state index in [0.29, 0.717) is 0 Å². The molecule has 2 heteroatoms. The number of nitrogens with zero attached hydrogens (tertiary/aromatic N) is 2. The first-order chi connectivity index (χ1) is 10.7. The lowest BCUT2D eigenvalue weighted by Gasteiger charge is -1.96. The van der Waals surface area contributed by atoms with Gasteiger partial charge in [-0.2, -0.15) is 10.2 Å². The van der Waals surface area contributed by atoms with E-state index in [-0.39, 0.29) is 0 Å². The van der Waals surface area contributed by atoms with Crippen LogP contribution in [0.1, 0.15) is 36.1 Å². The normalized spacial score (nSPS) is 10.7. The summed E-state index contributed by atoms with van der Waals surface area (Å²) in [5, 5.41) is 8.13. The highest BCUT2D eigenvalue weighted by Crippen LogP contribution is 2.03. The first-order valence-corrected chi connectivity index (χ1v) is 7.88. The first-order valence-electron chi connectivity index (χ1n) is 7.88. The molecule has 116 valence electrons. The second kappa shape index (κ2) is 10.5. The molecule has 0 bridgehead atoms. The molecule has 0 atom stereocenters. The van der Waals surface area contributed by atoms with E-state index in [4.69, 9.17) is 0 Å². The summed E-state index contributed by atoms with van der Waals surface area (Å²) in [5.41, 5.74) is 5.07. The lowest BCUT2D eigenvalue weighted by atomic mass is 10.1. The van der Waals surface area contributed by atoms with E-state index in [2.05, 4.69) is 72.6 Å². The minimum atomic E-state index is 0.822. The van der Waals surface area contributed by atoms with Gasteiger partial charge in [0.1, 0.15) is 0 Å². The molecule has 22 heavy (non-hydrogen) atoms. The van der Waals surface area contributed by atoms with Crippen LogP contribution in [0, 0.1) is 13.8 Å². The van der Waals surface area contributed by atoms with Crippen molar-refractivity contribution in [1.29, 1.82) is 0 Å². The Bertz CT molecular complexity index is 523. The van der Waals surface area contributed by atoms with Crippen LogP contribution in [-0.2, 0) is 12.8 Å².